The smallest absolute Gasteiger partial charge is 0.418 e. The molecule has 1 N–H and O–H groups in total. The van der Waals surface area contributed by atoms with E-state index in [1.165, 1.54) is 24.3 Å². The molecule has 0 spiro atoms. The van der Waals surface area contributed by atoms with Crippen LogP contribution in [0.4, 0.5) is 23.2 Å². The summed E-state index contributed by atoms with van der Waals surface area (Å²) >= 11 is 0. The first-order valence-electron chi connectivity index (χ1n) is 10.7. The third kappa shape index (κ3) is 5.30. The molecule has 0 unspecified atom stereocenters. The molecule has 0 aliphatic heterocycles. The number of aryl methyl sites for hydroxylation is 1. The molecule has 8 nitrogen and oxygen atoms in total. The van der Waals surface area contributed by atoms with Gasteiger partial charge in [-0.25, -0.2) is 8.42 Å². The van der Waals surface area contributed by atoms with Crippen LogP contribution in [-0.4, -0.2) is 35.8 Å². The fraction of sp³-hybridized carbons (Fsp3) is 0.304. The van der Waals surface area contributed by atoms with Crippen molar-refractivity contribution >= 4 is 21.4 Å². The number of carbonyl (C=O) groups excluding carboxylic acids is 1. The van der Waals surface area contributed by atoms with Crippen molar-refractivity contribution in [3.8, 4) is 11.8 Å². The Kier molecular flexibility index (Phi) is 6.45. The van der Waals surface area contributed by atoms with Crippen LogP contribution >= 0.6 is 0 Å². The highest BCUT2D eigenvalue weighted by atomic mass is 32.2. The first kappa shape index (κ1) is 25.5. The molecule has 1 fully saturated rings. The van der Waals surface area contributed by atoms with Gasteiger partial charge in [0.05, 0.1) is 4.90 Å². The van der Waals surface area contributed by atoms with Gasteiger partial charge in [0.1, 0.15) is 5.56 Å². The predicted octanol–water partition coefficient (Wildman–Crippen LogP) is 4.97. The van der Waals surface area contributed by atoms with E-state index in [-0.39, 0.29) is 22.4 Å². The third-order valence-electron chi connectivity index (χ3n) is 5.56. The number of benzene rings is 1. The van der Waals surface area contributed by atoms with Crippen LogP contribution in [0.5, 0.6) is 11.8 Å². The predicted molar refractivity (Wildman–Crippen MR) is 120 cm³/mol. The number of sulfone groups is 1. The van der Waals surface area contributed by atoms with E-state index in [2.05, 4.69) is 20.5 Å². The number of ether oxygens (including phenoxy) is 1. The molecule has 0 bridgehead atoms. The second-order valence-electron chi connectivity index (χ2n) is 8.47. The topological polar surface area (TPSA) is 111 Å². The van der Waals surface area contributed by atoms with E-state index in [9.17, 15) is 30.8 Å². The quantitative estimate of drug-likeness (QED) is 0.358. The zero-order valence-electron chi connectivity index (χ0n) is 19.3. The summed E-state index contributed by atoms with van der Waals surface area (Å²) in [5.74, 6) is -2.69. The summed E-state index contributed by atoms with van der Waals surface area (Å²) in [5.41, 5.74) is -1.80. The minimum absolute atomic E-state index is 0.00721. The molecule has 0 atom stereocenters. The number of alkyl halides is 3. The Morgan fingerprint density at radius 1 is 1.11 bits per heavy atom. The summed E-state index contributed by atoms with van der Waals surface area (Å²) < 4.78 is 84.2. The monoisotopic (exact) mass is 524 g/mol. The number of nitrogens with one attached hydrogen (secondary N) is 1. The number of pyridine rings is 1. The summed E-state index contributed by atoms with van der Waals surface area (Å²) in [6.07, 6.45) is -2.30. The van der Waals surface area contributed by atoms with Crippen molar-refractivity contribution < 1.29 is 35.5 Å². The fourth-order valence-corrected chi connectivity index (χ4v) is 4.24. The maximum absolute atomic E-state index is 14.5. The number of hydrogen-bond donors (Lipinski definition) is 1. The number of carbonyl (C=O) groups is 1. The van der Waals surface area contributed by atoms with Crippen LogP contribution in [0.15, 0.2) is 35.2 Å². The van der Waals surface area contributed by atoms with Gasteiger partial charge in [0.15, 0.2) is 15.5 Å². The maximum Gasteiger partial charge on any atom is 0.435 e. The number of aromatic nitrogens is 3. The minimum atomic E-state index is -4.92. The number of nitrogens with zero attached hydrogens (tertiary/aromatic N) is 3. The Balaban J connectivity index is 1.75. The molecule has 1 amide bonds. The molecule has 190 valence electrons. The molecule has 1 saturated carbocycles. The lowest BCUT2D eigenvalue weighted by Crippen LogP contribution is -2.21. The van der Waals surface area contributed by atoms with E-state index >= 15 is 0 Å². The molecule has 36 heavy (non-hydrogen) atoms. The maximum atomic E-state index is 14.5. The van der Waals surface area contributed by atoms with Crippen molar-refractivity contribution in [3.63, 3.8) is 0 Å². The van der Waals surface area contributed by atoms with Gasteiger partial charge in [-0.2, -0.15) is 22.5 Å². The van der Waals surface area contributed by atoms with E-state index in [0.717, 1.165) is 32.1 Å². The Hall–Kier alpha value is -3.61. The van der Waals surface area contributed by atoms with Gasteiger partial charge in [0.25, 0.3) is 11.8 Å². The number of anilines is 1. The van der Waals surface area contributed by atoms with Crippen LogP contribution < -0.4 is 10.1 Å². The lowest BCUT2D eigenvalue weighted by Gasteiger charge is -2.16. The molecular formula is C23H20F4N4O4S. The van der Waals surface area contributed by atoms with Gasteiger partial charge in [0, 0.05) is 23.1 Å². The summed E-state index contributed by atoms with van der Waals surface area (Å²) in [4.78, 5) is 16.8. The van der Waals surface area contributed by atoms with E-state index in [1.54, 1.807) is 6.92 Å². The van der Waals surface area contributed by atoms with Crippen LogP contribution in [0.3, 0.4) is 0 Å². The van der Waals surface area contributed by atoms with Crippen LogP contribution in [0.1, 0.15) is 51.5 Å². The van der Waals surface area contributed by atoms with E-state index < -0.39 is 50.6 Å². The lowest BCUT2D eigenvalue weighted by molar-refractivity contribution is -0.142. The van der Waals surface area contributed by atoms with Crippen molar-refractivity contribution in [2.45, 2.75) is 43.7 Å². The Morgan fingerprint density at radius 3 is 2.42 bits per heavy atom. The van der Waals surface area contributed by atoms with Crippen molar-refractivity contribution in [2.24, 2.45) is 0 Å². The van der Waals surface area contributed by atoms with Crippen LogP contribution in [0, 0.1) is 19.8 Å². The number of halogens is 4. The SMILES string of the molecule is Cc1cc(C2CC2)c(F)nc1Oc1nnc(C(F)(F)F)c(C)c1C(=O)Nc1cccc(S(C)(=O)=O)c1. The highest BCUT2D eigenvalue weighted by molar-refractivity contribution is 7.90. The van der Waals surface area contributed by atoms with E-state index in [4.69, 9.17) is 4.74 Å². The van der Waals surface area contributed by atoms with Gasteiger partial charge in [-0.3, -0.25) is 4.79 Å². The number of amides is 1. The molecular weight excluding hydrogens is 504 g/mol. The highest BCUT2D eigenvalue weighted by Crippen LogP contribution is 2.42. The third-order valence-corrected chi connectivity index (χ3v) is 6.67. The largest absolute Gasteiger partial charge is 0.435 e. The van der Waals surface area contributed by atoms with Crippen molar-refractivity contribution in [3.05, 3.63) is 64.2 Å². The van der Waals surface area contributed by atoms with E-state index in [1.807, 2.05) is 0 Å². The fourth-order valence-electron chi connectivity index (χ4n) is 3.58. The molecule has 1 aromatic carbocycles. The first-order chi connectivity index (χ1) is 16.8. The molecule has 0 saturated heterocycles. The minimum Gasteiger partial charge on any atom is -0.418 e. The average Bonchev–Trinajstić information content (AvgIpc) is 3.60. The molecule has 13 heteroatoms. The van der Waals surface area contributed by atoms with Crippen LogP contribution in [-0.2, 0) is 16.0 Å². The number of rotatable bonds is 6. The summed E-state index contributed by atoms with van der Waals surface area (Å²) in [6.45, 7) is 2.59. The second kappa shape index (κ2) is 9.12. The molecule has 1 aliphatic rings. The van der Waals surface area contributed by atoms with Gasteiger partial charge >= 0.3 is 6.18 Å². The normalized spacial score (nSPS) is 14.0. The molecule has 3 aromatic rings. The molecule has 4 rings (SSSR count). The van der Waals surface area contributed by atoms with Crippen molar-refractivity contribution in [1.82, 2.24) is 15.2 Å². The van der Waals surface area contributed by atoms with Gasteiger partial charge in [-0.15, -0.1) is 10.2 Å². The Labute approximate surface area is 203 Å². The highest BCUT2D eigenvalue weighted by Gasteiger charge is 2.38. The van der Waals surface area contributed by atoms with Gasteiger partial charge in [-0.05, 0) is 62.4 Å². The first-order valence-corrected chi connectivity index (χ1v) is 12.6. The number of hydrogen-bond acceptors (Lipinski definition) is 7. The second-order valence-corrected chi connectivity index (χ2v) is 10.5. The Morgan fingerprint density at radius 2 is 1.81 bits per heavy atom. The Bertz CT molecular complexity index is 1470. The summed E-state index contributed by atoms with van der Waals surface area (Å²) in [7, 11) is -3.61. The molecule has 2 aromatic heterocycles. The molecule has 2 heterocycles. The lowest BCUT2D eigenvalue weighted by atomic mass is 10.1. The van der Waals surface area contributed by atoms with Gasteiger partial charge < -0.3 is 10.1 Å². The zero-order chi connectivity index (χ0) is 26.4. The average molecular weight is 524 g/mol. The van der Waals surface area contributed by atoms with E-state index in [0.29, 0.717) is 11.1 Å². The van der Waals surface area contributed by atoms with Crippen molar-refractivity contribution in [1.29, 1.82) is 0 Å². The summed E-state index contributed by atoms with van der Waals surface area (Å²) in [5, 5.41) is 8.98. The van der Waals surface area contributed by atoms with Crippen molar-refractivity contribution in [2.75, 3.05) is 11.6 Å². The van der Waals surface area contributed by atoms with Crippen LogP contribution in [0.25, 0.3) is 0 Å². The van der Waals surface area contributed by atoms with Gasteiger partial charge in [0.2, 0.25) is 11.8 Å². The van der Waals surface area contributed by atoms with Gasteiger partial charge in [-0.1, -0.05) is 6.07 Å². The molecule has 0 radical (unpaired) electrons. The standard InChI is InChI=1S/C23H20F4N4O4S/c1-11-9-16(13-7-8-13)19(24)29-21(11)35-22-17(12(2)18(30-31-22)23(25,26)27)20(32)28-14-5-4-6-15(10-14)36(3,33)34/h4-6,9-10,13H,7-8H2,1-3H3,(H,28,32). The zero-order valence-corrected chi connectivity index (χ0v) is 20.1. The van der Waals surface area contributed by atoms with Crippen LogP contribution in [0.2, 0.25) is 0 Å². The summed E-state index contributed by atoms with van der Waals surface area (Å²) in [6, 6.07) is 6.71. The molecule has 1 aliphatic carbocycles.